The van der Waals surface area contributed by atoms with Crippen molar-refractivity contribution in [2.24, 2.45) is 7.05 Å². The third-order valence-corrected chi connectivity index (χ3v) is 3.04. The highest BCUT2D eigenvalue weighted by molar-refractivity contribution is 5.63. The molecule has 2 aromatic heterocycles. The Labute approximate surface area is 116 Å². The highest BCUT2D eigenvalue weighted by Gasteiger charge is 2.16. The van der Waals surface area contributed by atoms with Crippen molar-refractivity contribution in [3.63, 3.8) is 0 Å². The maximum atomic E-state index is 5.76. The van der Waals surface area contributed by atoms with E-state index in [0.29, 0.717) is 17.4 Å². The summed E-state index contributed by atoms with van der Waals surface area (Å²) >= 11 is 0. The second kappa shape index (κ2) is 4.80. The lowest BCUT2D eigenvalue weighted by atomic mass is 10.2. The van der Waals surface area contributed by atoms with E-state index in [2.05, 4.69) is 15.2 Å². The van der Waals surface area contributed by atoms with E-state index < -0.39 is 0 Å². The van der Waals surface area contributed by atoms with Crippen LogP contribution in [0.25, 0.3) is 22.8 Å². The molecule has 6 nitrogen and oxygen atoms in total. The summed E-state index contributed by atoms with van der Waals surface area (Å²) in [6.45, 7) is 2.04. The minimum absolute atomic E-state index is 0.479. The van der Waals surface area contributed by atoms with Gasteiger partial charge >= 0.3 is 0 Å². The number of hydrogen-bond acceptors (Lipinski definition) is 5. The first-order chi connectivity index (χ1) is 9.67. The molecule has 0 saturated carbocycles. The molecule has 0 amide bonds. The maximum absolute atomic E-state index is 5.76. The topological polar surface area (TPSA) is 82.8 Å². The zero-order valence-electron chi connectivity index (χ0n) is 11.4. The summed E-state index contributed by atoms with van der Waals surface area (Å²) in [7, 11) is 1.87. The van der Waals surface area contributed by atoms with Gasteiger partial charge in [-0.2, -0.15) is 10.1 Å². The van der Waals surface area contributed by atoms with Crippen LogP contribution in [0.15, 0.2) is 35.0 Å². The quantitative estimate of drug-likeness (QED) is 0.737. The molecular formula is C14H15N5O. The molecule has 20 heavy (non-hydrogen) atoms. The van der Waals surface area contributed by atoms with E-state index >= 15 is 0 Å². The Hall–Kier alpha value is -2.63. The van der Waals surface area contributed by atoms with E-state index in [-0.39, 0.29) is 0 Å². The number of hydrogen-bond donors (Lipinski definition) is 1. The summed E-state index contributed by atoms with van der Waals surface area (Å²) in [5, 5.41) is 8.38. The summed E-state index contributed by atoms with van der Waals surface area (Å²) in [6, 6.07) is 7.40. The number of nitrogens with two attached hydrogens (primary N) is 1. The molecule has 0 spiro atoms. The van der Waals surface area contributed by atoms with E-state index in [0.717, 1.165) is 23.2 Å². The van der Waals surface area contributed by atoms with Gasteiger partial charge in [-0.15, -0.1) is 0 Å². The number of nitrogen functional groups attached to an aromatic ring is 1. The molecule has 0 aliphatic carbocycles. The Bertz CT molecular complexity index is 744. The fourth-order valence-corrected chi connectivity index (χ4v) is 2.10. The van der Waals surface area contributed by atoms with Gasteiger partial charge in [-0.3, -0.25) is 4.68 Å². The number of aryl methyl sites for hydroxylation is 2. The normalized spacial score (nSPS) is 10.9. The molecule has 0 aliphatic heterocycles. The van der Waals surface area contributed by atoms with Crippen LogP contribution in [0, 0.1) is 0 Å². The molecule has 0 radical (unpaired) electrons. The molecule has 6 heteroatoms. The van der Waals surface area contributed by atoms with E-state index in [1.54, 1.807) is 4.68 Å². The van der Waals surface area contributed by atoms with Gasteiger partial charge in [0, 0.05) is 24.5 Å². The Morgan fingerprint density at radius 1 is 1.35 bits per heavy atom. The molecule has 0 saturated heterocycles. The molecule has 0 aliphatic rings. The summed E-state index contributed by atoms with van der Waals surface area (Å²) < 4.78 is 7.09. The van der Waals surface area contributed by atoms with Crippen molar-refractivity contribution in [1.82, 2.24) is 19.9 Å². The van der Waals surface area contributed by atoms with E-state index in [9.17, 15) is 0 Å². The molecule has 3 aromatic rings. The van der Waals surface area contributed by atoms with Crippen LogP contribution in [-0.4, -0.2) is 19.9 Å². The summed E-state index contributed by atoms with van der Waals surface area (Å²) in [4.78, 5) is 4.43. The average Bonchev–Trinajstić information content (AvgIpc) is 3.04. The lowest BCUT2D eigenvalue weighted by Gasteiger charge is -1.95. The fourth-order valence-electron chi connectivity index (χ4n) is 2.10. The van der Waals surface area contributed by atoms with Crippen molar-refractivity contribution in [2.75, 3.05) is 5.73 Å². The van der Waals surface area contributed by atoms with Crippen molar-refractivity contribution >= 4 is 5.69 Å². The first kappa shape index (κ1) is 12.4. The van der Waals surface area contributed by atoms with Crippen molar-refractivity contribution in [3.8, 4) is 22.8 Å². The molecule has 2 heterocycles. The highest BCUT2D eigenvalue weighted by Crippen LogP contribution is 2.25. The van der Waals surface area contributed by atoms with Gasteiger partial charge in [0.1, 0.15) is 0 Å². The van der Waals surface area contributed by atoms with Crippen molar-refractivity contribution in [2.45, 2.75) is 13.3 Å². The van der Waals surface area contributed by atoms with Gasteiger partial charge in [-0.25, -0.2) is 0 Å². The van der Waals surface area contributed by atoms with Crippen LogP contribution in [0.1, 0.15) is 12.6 Å². The molecule has 1 aromatic carbocycles. The van der Waals surface area contributed by atoms with Gasteiger partial charge < -0.3 is 10.3 Å². The molecule has 0 atom stereocenters. The lowest BCUT2D eigenvalue weighted by Crippen LogP contribution is -1.89. The highest BCUT2D eigenvalue weighted by atomic mass is 16.5. The average molecular weight is 269 g/mol. The molecule has 102 valence electrons. The van der Waals surface area contributed by atoms with Gasteiger partial charge in [-0.05, 0) is 18.6 Å². The standard InChI is InChI=1S/C14H15N5O/c1-3-12-11(8-19(2)17-12)14-16-13(18-20-14)9-5-4-6-10(15)7-9/h4-8H,3,15H2,1-2H3. The van der Waals surface area contributed by atoms with Crippen molar-refractivity contribution < 1.29 is 4.52 Å². The maximum Gasteiger partial charge on any atom is 0.261 e. The van der Waals surface area contributed by atoms with Crippen LogP contribution in [0.4, 0.5) is 5.69 Å². The molecular weight excluding hydrogens is 254 g/mol. The number of anilines is 1. The number of rotatable bonds is 3. The predicted octanol–water partition coefficient (Wildman–Crippen LogP) is 2.28. The number of aromatic nitrogens is 4. The van der Waals surface area contributed by atoms with Crippen LogP contribution in [0.2, 0.25) is 0 Å². The van der Waals surface area contributed by atoms with Crippen LogP contribution in [0.3, 0.4) is 0 Å². The fraction of sp³-hybridized carbons (Fsp3) is 0.214. The monoisotopic (exact) mass is 269 g/mol. The van der Waals surface area contributed by atoms with Crippen molar-refractivity contribution in [3.05, 3.63) is 36.2 Å². The first-order valence-corrected chi connectivity index (χ1v) is 6.40. The van der Waals surface area contributed by atoms with Crippen LogP contribution >= 0.6 is 0 Å². The van der Waals surface area contributed by atoms with Crippen LogP contribution in [-0.2, 0) is 13.5 Å². The van der Waals surface area contributed by atoms with Gasteiger partial charge in [0.2, 0.25) is 5.82 Å². The summed E-state index contributed by atoms with van der Waals surface area (Å²) in [5.41, 5.74) is 9.08. The SMILES string of the molecule is CCc1nn(C)cc1-c1nc(-c2cccc(N)c2)no1. The largest absolute Gasteiger partial charge is 0.399 e. The Balaban J connectivity index is 2.02. The second-order valence-electron chi connectivity index (χ2n) is 4.57. The van der Waals surface area contributed by atoms with Gasteiger partial charge in [0.05, 0.1) is 11.3 Å². The lowest BCUT2D eigenvalue weighted by molar-refractivity contribution is 0.432. The molecule has 3 rings (SSSR count). The second-order valence-corrected chi connectivity index (χ2v) is 4.57. The van der Waals surface area contributed by atoms with E-state index in [1.165, 1.54) is 0 Å². The molecule has 2 N–H and O–H groups in total. The molecule has 0 unspecified atom stereocenters. The minimum atomic E-state index is 0.479. The van der Waals surface area contributed by atoms with Crippen LogP contribution < -0.4 is 5.73 Å². The van der Waals surface area contributed by atoms with E-state index in [1.807, 2.05) is 44.4 Å². The Morgan fingerprint density at radius 2 is 2.20 bits per heavy atom. The van der Waals surface area contributed by atoms with Gasteiger partial charge in [0.25, 0.3) is 5.89 Å². The van der Waals surface area contributed by atoms with Crippen LogP contribution in [0.5, 0.6) is 0 Å². The zero-order valence-corrected chi connectivity index (χ0v) is 11.4. The third kappa shape index (κ3) is 2.16. The minimum Gasteiger partial charge on any atom is -0.399 e. The molecule has 0 bridgehead atoms. The van der Waals surface area contributed by atoms with Gasteiger partial charge in [0.15, 0.2) is 0 Å². The zero-order chi connectivity index (χ0) is 14.1. The summed E-state index contributed by atoms with van der Waals surface area (Å²) in [5.74, 6) is 1.01. The Morgan fingerprint density at radius 3 is 2.95 bits per heavy atom. The Kier molecular flexibility index (Phi) is 2.98. The van der Waals surface area contributed by atoms with Crippen molar-refractivity contribution in [1.29, 1.82) is 0 Å². The summed E-state index contributed by atoms with van der Waals surface area (Å²) in [6.07, 6.45) is 2.70. The number of benzene rings is 1. The van der Waals surface area contributed by atoms with E-state index in [4.69, 9.17) is 10.3 Å². The third-order valence-electron chi connectivity index (χ3n) is 3.04. The van der Waals surface area contributed by atoms with Gasteiger partial charge in [-0.1, -0.05) is 24.2 Å². The number of nitrogens with zero attached hydrogens (tertiary/aromatic N) is 4. The predicted molar refractivity (Wildman–Crippen MR) is 75.7 cm³/mol. The first-order valence-electron chi connectivity index (χ1n) is 6.40. The molecule has 0 fully saturated rings. The smallest absolute Gasteiger partial charge is 0.261 e.